The van der Waals surface area contributed by atoms with Crippen molar-refractivity contribution >= 4 is 11.6 Å². The standard InChI is InChI=1S/C14H18ClF2N/c1-10-4-2-3-7-18(10)9-13(15)12-8-11(16)5-6-14(12)17/h5-6,8,10,13H,2-4,7,9H2,1H3. The van der Waals surface area contributed by atoms with Gasteiger partial charge in [0.1, 0.15) is 11.6 Å². The molecule has 0 N–H and O–H groups in total. The Hall–Kier alpha value is -0.670. The summed E-state index contributed by atoms with van der Waals surface area (Å²) in [5, 5.41) is -0.499. The Morgan fingerprint density at radius 2 is 2.17 bits per heavy atom. The van der Waals surface area contributed by atoms with E-state index in [1.54, 1.807) is 0 Å². The van der Waals surface area contributed by atoms with Crippen LogP contribution < -0.4 is 0 Å². The lowest BCUT2D eigenvalue weighted by Crippen LogP contribution is -2.39. The van der Waals surface area contributed by atoms with Crippen LogP contribution in [0.5, 0.6) is 0 Å². The normalized spacial score (nSPS) is 23.0. The molecule has 1 saturated heterocycles. The van der Waals surface area contributed by atoms with Gasteiger partial charge in [-0.1, -0.05) is 6.42 Å². The molecule has 1 aromatic rings. The molecule has 1 heterocycles. The molecule has 0 aromatic heterocycles. The Kier molecular flexibility index (Phi) is 4.57. The number of piperidine rings is 1. The molecule has 1 aliphatic rings. The Bertz CT molecular complexity index is 411. The Morgan fingerprint density at radius 3 is 2.89 bits per heavy atom. The average molecular weight is 274 g/mol. The number of halogens is 3. The van der Waals surface area contributed by atoms with Crippen molar-refractivity contribution in [3.8, 4) is 0 Å². The zero-order valence-corrected chi connectivity index (χ0v) is 11.3. The van der Waals surface area contributed by atoms with Crippen LogP contribution in [0.2, 0.25) is 0 Å². The summed E-state index contributed by atoms with van der Waals surface area (Å²) in [6.45, 7) is 3.72. The molecule has 0 bridgehead atoms. The van der Waals surface area contributed by atoms with Crippen molar-refractivity contribution in [2.75, 3.05) is 13.1 Å². The molecule has 0 aliphatic carbocycles. The van der Waals surface area contributed by atoms with Crippen LogP contribution in [0.4, 0.5) is 8.78 Å². The van der Waals surface area contributed by atoms with Crippen LogP contribution in [0.25, 0.3) is 0 Å². The van der Waals surface area contributed by atoms with Gasteiger partial charge in [-0.3, -0.25) is 4.90 Å². The molecule has 0 saturated carbocycles. The van der Waals surface area contributed by atoms with E-state index in [2.05, 4.69) is 11.8 Å². The third-order valence-electron chi connectivity index (χ3n) is 3.63. The van der Waals surface area contributed by atoms with Gasteiger partial charge in [0.05, 0.1) is 5.38 Å². The summed E-state index contributed by atoms with van der Waals surface area (Å²) in [5.74, 6) is -0.871. The van der Waals surface area contributed by atoms with Gasteiger partial charge in [-0.15, -0.1) is 11.6 Å². The van der Waals surface area contributed by atoms with Crippen molar-refractivity contribution in [3.63, 3.8) is 0 Å². The van der Waals surface area contributed by atoms with Crippen molar-refractivity contribution in [1.82, 2.24) is 4.90 Å². The molecule has 0 amide bonds. The zero-order chi connectivity index (χ0) is 13.1. The van der Waals surface area contributed by atoms with E-state index >= 15 is 0 Å². The van der Waals surface area contributed by atoms with Crippen LogP contribution >= 0.6 is 11.6 Å². The summed E-state index contributed by atoms with van der Waals surface area (Å²) in [4.78, 5) is 2.26. The van der Waals surface area contributed by atoms with Crippen LogP contribution in [0, 0.1) is 11.6 Å². The van der Waals surface area contributed by atoms with Crippen molar-refractivity contribution in [1.29, 1.82) is 0 Å². The summed E-state index contributed by atoms with van der Waals surface area (Å²) in [5.41, 5.74) is 0.259. The molecule has 1 aliphatic heterocycles. The molecule has 1 fully saturated rings. The molecular formula is C14H18ClF2N. The third kappa shape index (κ3) is 3.21. The number of alkyl halides is 1. The van der Waals surface area contributed by atoms with Gasteiger partial charge in [0.15, 0.2) is 0 Å². The SMILES string of the molecule is CC1CCCCN1CC(Cl)c1cc(F)ccc1F. The minimum Gasteiger partial charge on any atom is -0.299 e. The Labute approximate surface area is 112 Å². The Balaban J connectivity index is 2.06. The highest BCUT2D eigenvalue weighted by atomic mass is 35.5. The summed E-state index contributed by atoms with van der Waals surface area (Å²) >= 11 is 6.23. The highest BCUT2D eigenvalue weighted by molar-refractivity contribution is 6.21. The number of likely N-dealkylation sites (tertiary alicyclic amines) is 1. The van der Waals surface area contributed by atoms with Crippen LogP contribution in [0.1, 0.15) is 37.1 Å². The van der Waals surface area contributed by atoms with E-state index in [0.717, 1.165) is 31.5 Å². The summed E-state index contributed by atoms with van der Waals surface area (Å²) < 4.78 is 26.7. The van der Waals surface area contributed by atoms with Gasteiger partial charge >= 0.3 is 0 Å². The molecule has 0 radical (unpaired) electrons. The highest BCUT2D eigenvalue weighted by Crippen LogP contribution is 2.27. The molecule has 1 nitrogen and oxygen atoms in total. The second-order valence-corrected chi connectivity index (χ2v) is 5.50. The fraction of sp³-hybridized carbons (Fsp3) is 0.571. The molecule has 100 valence electrons. The first-order chi connectivity index (χ1) is 8.58. The molecule has 1 aromatic carbocycles. The van der Waals surface area contributed by atoms with E-state index in [0.29, 0.717) is 12.6 Å². The maximum atomic E-state index is 13.6. The largest absolute Gasteiger partial charge is 0.299 e. The second kappa shape index (κ2) is 5.98. The molecule has 2 atom stereocenters. The topological polar surface area (TPSA) is 3.24 Å². The summed E-state index contributed by atoms with van der Waals surface area (Å²) in [7, 11) is 0. The highest BCUT2D eigenvalue weighted by Gasteiger charge is 2.23. The maximum Gasteiger partial charge on any atom is 0.128 e. The van der Waals surface area contributed by atoms with E-state index in [9.17, 15) is 8.78 Å². The predicted molar refractivity (Wildman–Crippen MR) is 69.8 cm³/mol. The van der Waals surface area contributed by atoms with E-state index in [4.69, 9.17) is 11.6 Å². The number of benzene rings is 1. The fourth-order valence-electron chi connectivity index (χ4n) is 2.49. The van der Waals surface area contributed by atoms with Gasteiger partial charge in [0, 0.05) is 18.2 Å². The lowest BCUT2D eigenvalue weighted by Gasteiger charge is -2.34. The summed E-state index contributed by atoms with van der Waals surface area (Å²) in [6, 6.07) is 3.92. The van der Waals surface area contributed by atoms with Gasteiger partial charge < -0.3 is 0 Å². The van der Waals surface area contributed by atoms with E-state index in [-0.39, 0.29) is 5.56 Å². The first-order valence-electron chi connectivity index (χ1n) is 6.41. The predicted octanol–water partition coefficient (Wildman–Crippen LogP) is 4.12. The van der Waals surface area contributed by atoms with Crippen molar-refractivity contribution in [3.05, 3.63) is 35.4 Å². The summed E-state index contributed by atoms with van der Waals surface area (Å²) in [6.07, 6.45) is 3.54. The minimum absolute atomic E-state index is 0.259. The van der Waals surface area contributed by atoms with E-state index < -0.39 is 17.0 Å². The Morgan fingerprint density at radius 1 is 1.39 bits per heavy atom. The monoisotopic (exact) mass is 273 g/mol. The zero-order valence-electron chi connectivity index (χ0n) is 10.5. The molecule has 18 heavy (non-hydrogen) atoms. The first kappa shape index (κ1) is 13.8. The van der Waals surface area contributed by atoms with E-state index in [1.807, 2.05) is 0 Å². The smallest absolute Gasteiger partial charge is 0.128 e. The van der Waals surface area contributed by atoms with Crippen molar-refractivity contribution in [2.45, 2.75) is 37.6 Å². The van der Waals surface area contributed by atoms with Gasteiger partial charge in [0.2, 0.25) is 0 Å². The number of hydrogen-bond acceptors (Lipinski definition) is 1. The molecule has 2 rings (SSSR count). The third-order valence-corrected chi connectivity index (χ3v) is 4.00. The second-order valence-electron chi connectivity index (χ2n) is 4.97. The van der Waals surface area contributed by atoms with Crippen LogP contribution in [-0.4, -0.2) is 24.0 Å². The van der Waals surface area contributed by atoms with Gasteiger partial charge in [-0.05, 0) is 44.5 Å². The molecule has 4 heteroatoms. The van der Waals surface area contributed by atoms with Crippen molar-refractivity contribution in [2.24, 2.45) is 0 Å². The lowest BCUT2D eigenvalue weighted by atomic mass is 10.0. The van der Waals surface area contributed by atoms with Gasteiger partial charge in [-0.2, -0.15) is 0 Å². The maximum absolute atomic E-state index is 13.6. The number of nitrogens with zero attached hydrogens (tertiary/aromatic N) is 1. The molecule has 2 unspecified atom stereocenters. The lowest BCUT2D eigenvalue weighted by molar-refractivity contribution is 0.160. The van der Waals surface area contributed by atoms with Crippen LogP contribution in [0.15, 0.2) is 18.2 Å². The van der Waals surface area contributed by atoms with Crippen LogP contribution in [-0.2, 0) is 0 Å². The van der Waals surface area contributed by atoms with Crippen LogP contribution in [0.3, 0.4) is 0 Å². The van der Waals surface area contributed by atoms with Gasteiger partial charge in [-0.25, -0.2) is 8.78 Å². The number of rotatable bonds is 3. The molecular weight excluding hydrogens is 256 g/mol. The number of hydrogen-bond donors (Lipinski definition) is 0. The minimum atomic E-state index is -0.499. The average Bonchev–Trinajstić information content (AvgIpc) is 2.35. The quantitative estimate of drug-likeness (QED) is 0.749. The van der Waals surface area contributed by atoms with Gasteiger partial charge in [0.25, 0.3) is 0 Å². The molecule has 0 spiro atoms. The fourth-order valence-corrected chi connectivity index (χ4v) is 2.83. The first-order valence-corrected chi connectivity index (χ1v) is 6.84. The van der Waals surface area contributed by atoms with Crippen molar-refractivity contribution < 1.29 is 8.78 Å². The van der Waals surface area contributed by atoms with E-state index in [1.165, 1.54) is 12.5 Å².